The molecule has 0 spiro atoms. The monoisotopic (exact) mass is 378 g/mol. The number of nitrogens with one attached hydrogen (secondary N) is 1. The molecule has 0 saturated carbocycles. The molecule has 0 bridgehead atoms. The number of halogens is 6. The fourth-order valence-electron chi connectivity index (χ4n) is 2.00. The lowest BCUT2D eigenvalue weighted by molar-refractivity contribution is -0.137. The summed E-state index contributed by atoms with van der Waals surface area (Å²) in [5.41, 5.74) is -2.56. The number of nitrogens with zero attached hydrogens (tertiary/aromatic N) is 1. The molecule has 0 heterocycles. The van der Waals surface area contributed by atoms with Crippen LogP contribution in [0.25, 0.3) is 0 Å². The van der Waals surface area contributed by atoms with Crippen LogP contribution < -0.4 is 5.32 Å². The van der Waals surface area contributed by atoms with Gasteiger partial charge in [-0.25, -0.2) is 4.99 Å². The van der Waals surface area contributed by atoms with Gasteiger partial charge in [0.2, 0.25) is 0 Å². The first-order valence-corrected chi connectivity index (χ1v) is 8.07. The number of anilines is 1. The van der Waals surface area contributed by atoms with Gasteiger partial charge in [0.25, 0.3) is 0 Å². The van der Waals surface area contributed by atoms with Gasteiger partial charge in [0, 0.05) is 0 Å². The van der Waals surface area contributed by atoms with E-state index in [2.05, 4.69) is 10.3 Å². The summed E-state index contributed by atoms with van der Waals surface area (Å²) in [4.78, 5) is 3.84. The normalized spacial score (nSPS) is 13.0. The largest absolute Gasteiger partial charge is 0.418 e. The Morgan fingerprint density at radius 3 is 1.92 bits per heavy atom. The third-order valence-corrected chi connectivity index (χ3v) is 3.68. The number of benzene rings is 2. The number of hydrogen-bond acceptors (Lipinski definition) is 2. The third kappa shape index (κ3) is 4.91. The number of aliphatic imine (C=N–C) groups is 1. The predicted octanol–water partition coefficient (Wildman–Crippen LogP) is 6.19. The number of rotatable bonds is 2. The zero-order valence-electron chi connectivity index (χ0n) is 12.7. The molecule has 2 aromatic carbocycles. The number of para-hydroxylation sites is 2. The van der Waals surface area contributed by atoms with Crippen molar-refractivity contribution in [3.8, 4) is 0 Å². The van der Waals surface area contributed by atoms with E-state index >= 15 is 0 Å². The van der Waals surface area contributed by atoms with Crippen LogP contribution in [0.5, 0.6) is 0 Å². The summed E-state index contributed by atoms with van der Waals surface area (Å²) in [5.74, 6) is 0. The van der Waals surface area contributed by atoms with Crippen molar-refractivity contribution >= 4 is 28.3 Å². The van der Waals surface area contributed by atoms with Gasteiger partial charge in [-0.05, 0) is 30.5 Å². The minimum atomic E-state index is -4.62. The molecular formula is C16H12F6N2S. The summed E-state index contributed by atoms with van der Waals surface area (Å²) in [7, 11) is 0. The van der Waals surface area contributed by atoms with E-state index in [1.807, 2.05) is 0 Å². The highest BCUT2D eigenvalue weighted by atomic mass is 32.2. The maximum atomic E-state index is 13.0. The van der Waals surface area contributed by atoms with Gasteiger partial charge < -0.3 is 5.32 Å². The Balaban J connectivity index is 2.42. The van der Waals surface area contributed by atoms with Crippen LogP contribution in [-0.4, -0.2) is 11.4 Å². The third-order valence-electron chi connectivity index (χ3n) is 3.10. The van der Waals surface area contributed by atoms with Crippen molar-refractivity contribution in [2.24, 2.45) is 4.99 Å². The highest BCUT2D eigenvalue weighted by molar-refractivity contribution is 8.13. The van der Waals surface area contributed by atoms with Crippen LogP contribution in [0.4, 0.5) is 37.7 Å². The topological polar surface area (TPSA) is 24.4 Å². The SMILES string of the molecule is CSC(=Nc1ccccc1C(F)(F)F)Nc1ccccc1C(F)(F)F. The van der Waals surface area contributed by atoms with Gasteiger partial charge in [0.1, 0.15) is 0 Å². The molecule has 0 fully saturated rings. The number of thioether (sulfide) groups is 1. The van der Waals surface area contributed by atoms with Gasteiger partial charge in [-0.15, -0.1) is 0 Å². The van der Waals surface area contributed by atoms with E-state index in [0.29, 0.717) is 0 Å². The maximum Gasteiger partial charge on any atom is 0.418 e. The van der Waals surface area contributed by atoms with E-state index in [4.69, 9.17) is 0 Å². The quantitative estimate of drug-likeness (QED) is 0.383. The van der Waals surface area contributed by atoms with Crippen molar-refractivity contribution in [3.63, 3.8) is 0 Å². The van der Waals surface area contributed by atoms with E-state index in [0.717, 1.165) is 30.0 Å². The fraction of sp³-hybridized carbons (Fsp3) is 0.188. The summed E-state index contributed by atoms with van der Waals surface area (Å²) in [5, 5.41) is 2.37. The summed E-state index contributed by atoms with van der Waals surface area (Å²) in [6.45, 7) is 0. The molecule has 134 valence electrons. The van der Waals surface area contributed by atoms with Crippen LogP contribution in [0.1, 0.15) is 11.1 Å². The second-order valence-electron chi connectivity index (χ2n) is 4.80. The fourth-order valence-corrected chi connectivity index (χ4v) is 2.40. The predicted molar refractivity (Wildman–Crippen MR) is 87.1 cm³/mol. The molecule has 25 heavy (non-hydrogen) atoms. The average Bonchev–Trinajstić information content (AvgIpc) is 2.53. The molecule has 0 saturated heterocycles. The van der Waals surface area contributed by atoms with Gasteiger partial charge in [0.05, 0.1) is 22.5 Å². The molecule has 0 aromatic heterocycles. The van der Waals surface area contributed by atoms with Crippen molar-refractivity contribution in [1.29, 1.82) is 0 Å². The first kappa shape index (κ1) is 19.2. The van der Waals surface area contributed by atoms with E-state index < -0.39 is 23.5 Å². The van der Waals surface area contributed by atoms with Gasteiger partial charge in [-0.3, -0.25) is 0 Å². The Hall–Kier alpha value is -2.16. The van der Waals surface area contributed by atoms with Gasteiger partial charge in [0.15, 0.2) is 5.17 Å². The summed E-state index contributed by atoms with van der Waals surface area (Å²) < 4.78 is 78.1. The Bertz CT molecular complexity index is 768. The summed E-state index contributed by atoms with van der Waals surface area (Å²) >= 11 is 0.902. The minimum absolute atomic E-state index is 0.0894. The van der Waals surface area contributed by atoms with Crippen LogP contribution in [0.15, 0.2) is 53.5 Å². The molecule has 0 aliphatic heterocycles. The Labute approximate surface area is 144 Å². The molecule has 0 radical (unpaired) electrons. The number of alkyl halides is 6. The van der Waals surface area contributed by atoms with Crippen LogP contribution >= 0.6 is 11.8 Å². The van der Waals surface area contributed by atoms with E-state index in [9.17, 15) is 26.3 Å². The standard InChI is InChI=1S/C16H12F6N2S/c1-25-14(23-12-8-4-2-6-10(12)15(17,18)19)24-13-9-5-3-7-11(13)16(20,21)22/h2-9H,1H3,(H,23,24). The molecule has 2 rings (SSSR count). The van der Waals surface area contributed by atoms with Crippen LogP contribution in [0.2, 0.25) is 0 Å². The molecule has 0 aliphatic rings. The zero-order chi connectivity index (χ0) is 18.7. The molecule has 0 unspecified atom stereocenters. The second-order valence-corrected chi connectivity index (χ2v) is 5.60. The molecular weight excluding hydrogens is 366 g/mol. The molecule has 2 aromatic rings. The van der Waals surface area contributed by atoms with Crippen molar-refractivity contribution in [2.75, 3.05) is 11.6 Å². The first-order chi connectivity index (χ1) is 11.6. The first-order valence-electron chi connectivity index (χ1n) is 6.85. The Morgan fingerprint density at radius 2 is 1.36 bits per heavy atom. The maximum absolute atomic E-state index is 13.0. The minimum Gasteiger partial charge on any atom is -0.334 e. The Kier molecular flexibility index (Phi) is 5.66. The molecule has 0 aliphatic carbocycles. The van der Waals surface area contributed by atoms with E-state index in [-0.39, 0.29) is 16.5 Å². The van der Waals surface area contributed by atoms with Crippen LogP contribution in [0.3, 0.4) is 0 Å². The lowest BCUT2D eigenvalue weighted by atomic mass is 10.1. The second kappa shape index (κ2) is 7.38. The lowest BCUT2D eigenvalue weighted by Gasteiger charge is -2.15. The molecule has 0 atom stereocenters. The number of hydrogen-bond donors (Lipinski definition) is 1. The molecule has 0 amide bonds. The van der Waals surface area contributed by atoms with Crippen LogP contribution in [-0.2, 0) is 12.4 Å². The zero-order valence-corrected chi connectivity index (χ0v) is 13.6. The van der Waals surface area contributed by atoms with Crippen molar-refractivity contribution in [1.82, 2.24) is 0 Å². The van der Waals surface area contributed by atoms with Crippen molar-refractivity contribution in [2.45, 2.75) is 12.4 Å². The average molecular weight is 378 g/mol. The van der Waals surface area contributed by atoms with E-state index in [1.54, 1.807) is 0 Å². The molecule has 1 N–H and O–H groups in total. The van der Waals surface area contributed by atoms with Crippen molar-refractivity contribution in [3.05, 3.63) is 59.7 Å². The highest BCUT2D eigenvalue weighted by Gasteiger charge is 2.34. The summed E-state index contributed by atoms with van der Waals surface area (Å²) in [6, 6.07) is 9.27. The Morgan fingerprint density at radius 1 is 0.840 bits per heavy atom. The van der Waals surface area contributed by atoms with Gasteiger partial charge in [-0.2, -0.15) is 26.3 Å². The molecule has 9 heteroatoms. The van der Waals surface area contributed by atoms with Crippen molar-refractivity contribution < 1.29 is 26.3 Å². The molecule has 2 nitrogen and oxygen atoms in total. The van der Waals surface area contributed by atoms with E-state index in [1.165, 1.54) is 36.6 Å². The summed E-state index contributed by atoms with van der Waals surface area (Å²) in [6.07, 6.45) is -7.72. The van der Waals surface area contributed by atoms with Crippen LogP contribution in [0, 0.1) is 0 Å². The number of amidine groups is 1. The lowest BCUT2D eigenvalue weighted by Crippen LogP contribution is -2.14. The van der Waals surface area contributed by atoms with Gasteiger partial charge in [-0.1, -0.05) is 36.0 Å². The highest BCUT2D eigenvalue weighted by Crippen LogP contribution is 2.37. The van der Waals surface area contributed by atoms with Gasteiger partial charge >= 0.3 is 12.4 Å². The smallest absolute Gasteiger partial charge is 0.334 e.